The lowest BCUT2D eigenvalue weighted by molar-refractivity contribution is 0.0682. The molecule has 0 atom stereocenters. The van der Waals surface area contributed by atoms with Gasteiger partial charge in [-0.1, -0.05) is 12.1 Å². The van der Waals surface area contributed by atoms with Crippen LogP contribution < -0.4 is 4.74 Å². The normalized spacial score (nSPS) is 9.43. The monoisotopic (exact) mass is 320 g/mol. The van der Waals surface area contributed by atoms with Gasteiger partial charge in [0.2, 0.25) is 0 Å². The predicted molar refractivity (Wildman–Crippen MR) is 81.3 cm³/mol. The lowest BCUT2D eigenvalue weighted by Gasteiger charge is -2.04. The molecule has 0 radical (unpaired) electrons. The van der Waals surface area contributed by atoms with Crippen molar-refractivity contribution < 1.29 is 34.8 Å². The van der Waals surface area contributed by atoms with E-state index in [1.807, 2.05) is 0 Å². The third-order valence-corrected chi connectivity index (χ3v) is 2.64. The highest BCUT2D eigenvalue weighted by atomic mass is 16.5. The molecule has 4 N–H and O–H groups in total. The van der Waals surface area contributed by atoms with Crippen LogP contribution in [-0.4, -0.2) is 39.0 Å². The number of benzene rings is 2. The van der Waals surface area contributed by atoms with Gasteiger partial charge in [-0.15, -0.1) is 0 Å². The van der Waals surface area contributed by atoms with Crippen LogP contribution in [0.5, 0.6) is 17.2 Å². The SMILES string of the molecule is CCOc1ccc(O)c(C(=O)O)c1.O=C(O)c1ccccc1O. The van der Waals surface area contributed by atoms with E-state index in [2.05, 4.69) is 0 Å². The molecule has 2 aromatic carbocycles. The second-order valence-corrected chi connectivity index (χ2v) is 4.24. The number of ether oxygens (including phenoxy) is 1. The number of carboxylic acid groups (broad SMARTS) is 2. The molecule has 0 aromatic heterocycles. The average molecular weight is 320 g/mol. The third kappa shape index (κ3) is 5.24. The maximum absolute atomic E-state index is 10.6. The lowest BCUT2D eigenvalue weighted by atomic mass is 10.2. The van der Waals surface area contributed by atoms with Crippen molar-refractivity contribution in [3.05, 3.63) is 53.6 Å². The minimum atomic E-state index is -1.17. The van der Waals surface area contributed by atoms with Crippen molar-refractivity contribution in [2.45, 2.75) is 6.92 Å². The van der Waals surface area contributed by atoms with E-state index >= 15 is 0 Å². The van der Waals surface area contributed by atoms with Gasteiger partial charge in [0.05, 0.1) is 6.61 Å². The van der Waals surface area contributed by atoms with Gasteiger partial charge in [0.15, 0.2) is 0 Å². The summed E-state index contributed by atoms with van der Waals surface area (Å²) in [6.45, 7) is 2.26. The molecule has 2 aromatic rings. The van der Waals surface area contributed by atoms with Crippen molar-refractivity contribution in [1.82, 2.24) is 0 Å². The lowest BCUT2D eigenvalue weighted by Crippen LogP contribution is -1.98. The van der Waals surface area contributed by atoms with Gasteiger partial charge in [0.1, 0.15) is 28.4 Å². The molecule has 0 saturated carbocycles. The van der Waals surface area contributed by atoms with Crippen LogP contribution in [0.25, 0.3) is 0 Å². The number of hydrogen-bond donors (Lipinski definition) is 4. The molecule has 0 aliphatic carbocycles. The number of carbonyl (C=O) groups is 2. The molecule has 0 heterocycles. The number of hydrogen-bond acceptors (Lipinski definition) is 5. The van der Waals surface area contributed by atoms with E-state index in [0.717, 1.165) is 0 Å². The highest BCUT2D eigenvalue weighted by Gasteiger charge is 2.10. The fourth-order valence-electron chi connectivity index (χ4n) is 1.60. The zero-order chi connectivity index (χ0) is 17.4. The largest absolute Gasteiger partial charge is 0.507 e. The first-order chi connectivity index (χ1) is 10.9. The molecular formula is C16H16O7. The second-order valence-electron chi connectivity index (χ2n) is 4.24. The van der Waals surface area contributed by atoms with Crippen LogP contribution in [0.2, 0.25) is 0 Å². The molecule has 0 spiro atoms. The Labute approximate surface area is 132 Å². The summed E-state index contributed by atoms with van der Waals surface area (Å²) in [5.74, 6) is -2.29. The van der Waals surface area contributed by atoms with Gasteiger partial charge >= 0.3 is 11.9 Å². The molecule has 7 nitrogen and oxygen atoms in total. The van der Waals surface area contributed by atoms with Crippen LogP contribution in [0.1, 0.15) is 27.6 Å². The minimum absolute atomic E-state index is 0.0671. The van der Waals surface area contributed by atoms with Crippen molar-refractivity contribution in [2.24, 2.45) is 0 Å². The molecule has 0 amide bonds. The predicted octanol–water partition coefficient (Wildman–Crippen LogP) is 2.58. The van der Waals surface area contributed by atoms with E-state index in [1.54, 1.807) is 19.1 Å². The molecule has 2 rings (SSSR count). The first kappa shape index (κ1) is 17.8. The Morgan fingerprint density at radius 1 is 0.913 bits per heavy atom. The Hall–Kier alpha value is -3.22. The summed E-state index contributed by atoms with van der Waals surface area (Å²) in [5, 5.41) is 35.1. The molecule has 0 saturated heterocycles. The van der Waals surface area contributed by atoms with Gasteiger partial charge in [0, 0.05) is 0 Å². The van der Waals surface area contributed by atoms with Crippen molar-refractivity contribution in [3.63, 3.8) is 0 Å². The number of phenols is 2. The summed E-state index contributed by atoms with van der Waals surface area (Å²) in [6, 6.07) is 9.92. The van der Waals surface area contributed by atoms with E-state index in [1.165, 1.54) is 30.3 Å². The fourth-order valence-corrected chi connectivity index (χ4v) is 1.60. The summed E-state index contributed by atoms with van der Waals surface area (Å²) in [5.41, 5.74) is -0.214. The maximum Gasteiger partial charge on any atom is 0.339 e. The highest BCUT2D eigenvalue weighted by Crippen LogP contribution is 2.22. The molecular weight excluding hydrogens is 304 g/mol. The van der Waals surface area contributed by atoms with Crippen LogP contribution in [0.3, 0.4) is 0 Å². The molecule has 0 aliphatic heterocycles. The van der Waals surface area contributed by atoms with Gasteiger partial charge in [0.25, 0.3) is 0 Å². The molecule has 23 heavy (non-hydrogen) atoms. The number of aromatic hydroxyl groups is 2. The van der Waals surface area contributed by atoms with E-state index < -0.39 is 11.9 Å². The number of aromatic carboxylic acids is 2. The number of para-hydroxylation sites is 1. The Bertz CT molecular complexity index is 695. The molecule has 7 heteroatoms. The van der Waals surface area contributed by atoms with Crippen LogP contribution in [0.4, 0.5) is 0 Å². The zero-order valence-corrected chi connectivity index (χ0v) is 12.3. The summed E-state index contributed by atoms with van der Waals surface area (Å²) in [6.07, 6.45) is 0. The molecule has 0 aliphatic rings. The Balaban J connectivity index is 0.000000238. The van der Waals surface area contributed by atoms with Gasteiger partial charge in [-0.3, -0.25) is 0 Å². The molecule has 0 bridgehead atoms. The van der Waals surface area contributed by atoms with Crippen LogP contribution in [0.15, 0.2) is 42.5 Å². The summed E-state index contributed by atoms with van der Waals surface area (Å²) >= 11 is 0. The maximum atomic E-state index is 10.6. The number of rotatable bonds is 4. The number of carboxylic acids is 2. The van der Waals surface area contributed by atoms with Crippen LogP contribution in [-0.2, 0) is 0 Å². The van der Waals surface area contributed by atoms with Gasteiger partial charge in [-0.2, -0.15) is 0 Å². The van der Waals surface area contributed by atoms with E-state index in [4.69, 9.17) is 25.2 Å². The summed E-state index contributed by atoms with van der Waals surface area (Å²) in [7, 11) is 0. The van der Waals surface area contributed by atoms with Crippen molar-refractivity contribution >= 4 is 11.9 Å². The van der Waals surface area contributed by atoms with Gasteiger partial charge < -0.3 is 25.2 Å². The van der Waals surface area contributed by atoms with E-state index in [-0.39, 0.29) is 22.6 Å². The third-order valence-electron chi connectivity index (χ3n) is 2.64. The summed E-state index contributed by atoms with van der Waals surface area (Å²) in [4.78, 5) is 20.8. The quantitative estimate of drug-likeness (QED) is 0.682. The van der Waals surface area contributed by atoms with Crippen molar-refractivity contribution in [3.8, 4) is 17.2 Å². The average Bonchev–Trinajstić information content (AvgIpc) is 2.50. The highest BCUT2D eigenvalue weighted by molar-refractivity contribution is 5.91. The van der Waals surface area contributed by atoms with Crippen molar-refractivity contribution in [1.29, 1.82) is 0 Å². The first-order valence-electron chi connectivity index (χ1n) is 6.57. The Kier molecular flexibility index (Phi) is 6.42. The molecule has 122 valence electrons. The van der Waals surface area contributed by atoms with Crippen LogP contribution in [0, 0.1) is 0 Å². The standard InChI is InChI=1S/C9H10O4.C7H6O3/c1-2-13-6-3-4-8(10)7(5-6)9(11)12;8-6-4-2-1-3-5(6)7(9)10/h3-5,10H,2H2,1H3,(H,11,12);1-4,8H,(H,9,10). The zero-order valence-electron chi connectivity index (χ0n) is 12.3. The van der Waals surface area contributed by atoms with Crippen molar-refractivity contribution in [2.75, 3.05) is 6.61 Å². The smallest absolute Gasteiger partial charge is 0.339 e. The molecule has 0 unspecified atom stereocenters. The van der Waals surface area contributed by atoms with Gasteiger partial charge in [-0.25, -0.2) is 9.59 Å². The van der Waals surface area contributed by atoms with Crippen LogP contribution >= 0.6 is 0 Å². The van der Waals surface area contributed by atoms with E-state index in [0.29, 0.717) is 12.4 Å². The molecule has 0 fully saturated rings. The Morgan fingerprint density at radius 2 is 1.48 bits per heavy atom. The second kappa shape index (κ2) is 8.28. The summed E-state index contributed by atoms with van der Waals surface area (Å²) < 4.78 is 5.08. The van der Waals surface area contributed by atoms with Gasteiger partial charge in [-0.05, 0) is 37.3 Å². The Morgan fingerprint density at radius 3 is 1.96 bits per heavy atom. The van der Waals surface area contributed by atoms with E-state index in [9.17, 15) is 9.59 Å². The minimum Gasteiger partial charge on any atom is -0.507 e. The topological polar surface area (TPSA) is 124 Å². The fraction of sp³-hybridized carbons (Fsp3) is 0.125. The first-order valence-corrected chi connectivity index (χ1v) is 6.57.